The van der Waals surface area contributed by atoms with Crippen LogP contribution in [0.2, 0.25) is 5.02 Å². The van der Waals surface area contributed by atoms with Crippen molar-refractivity contribution in [3.05, 3.63) is 34.6 Å². The van der Waals surface area contributed by atoms with E-state index in [1.165, 1.54) is 0 Å². The summed E-state index contributed by atoms with van der Waals surface area (Å²) < 4.78 is 89.3. The van der Waals surface area contributed by atoms with Gasteiger partial charge < -0.3 is 5.73 Å². The van der Waals surface area contributed by atoms with Crippen molar-refractivity contribution >= 4 is 27.3 Å². The van der Waals surface area contributed by atoms with E-state index < -0.39 is 55.5 Å². The molecule has 0 bridgehead atoms. The number of sulfone groups is 1. The Morgan fingerprint density at radius 2 is 1.77 bits per heavy atom. The van der Waals surface area contributed by atoms with E-state index >= 15 is 0 Å². The van der Waals surface area contributed by atoms with Crippen LogP contribution in [0, 0.1) is 5.82 Å². The Kier molecular flexibility index (Phi) is 5.08. The second-order valence-corrected chi connectivity index (χ2v) is 6.95. The van der Waals surface area contributed by atoms with Gasteiger partial charge in [-0.05, 0) is 12.1 Å². The molecule has 1 atom stereocenters. The summed E-state index contributed by atoms with van der Waals surface area (Å²) >= 11 is 5.32. The number of primary amides is 1. The molecule has 2 N–H and O–H groups in total. The van der Waals surface area contributed by atoms with E-state index in [0.29, 0.717) is 12.1 Å². The first-order valence-electron chi connectivity index (χ1n) is 5.50. The number of nitrogens with two attached hydrogens (primary N) is 1. The molecule has 0 saturated heterocycles. The van der Waals surface area contributed by atoms with Crippen molar-refractivity contribution in [3.8, 4) is 0 Å². The fourth-order valence-corrected chi connectivity index (χ4v) is 3.27. The number of carbonyl (C=O) groups is 1. The molecule has 11 heteroatoms. The van der Waals surface area contributed by atoms with Crippen LogP contribution in [0.4, 0.5) is 22.0 Å². The zero-order valence-electron chi connectivity index (χ0n) is 10.6. The first kappa shape index (κ1) is 18.6. The third kappa shape index (κ3) is 4.07. The molecule has 0 aliphatic rings. The first-order valence-corrected chi connectivity index (χ1v) is 7.53. The smallest absolute Gasteiger partial charge is 0.369 e. The monoisotopic (exact) mass is 365 g/mol. The molecule has 0 spiro atoms. The molecular weight excluding hydrogens is 357 g/mol. The molecule has 1 aromatic rings. The molecule has 1 aromatic carbocycles. The fourth-order valence-electron chi connectivity index (χ4n) is 1.68. The Morgan fingerprint density at radius 3 is 2.18 bits per heavy atom. The highest BCUT2D eigenvalue weighted by Gasteiger charge is 2.54. The zero-order valence-corrected chi connectivity index (χ0v) is 12.2. The van der Waals surface area contributed by atoms with Crippen LogP contribution in [0.1, 0.15) is 12.0 Å². The SMILES string of the molecule is NC(=O)CS(=O)(=O)C(F)(CC(F)(F)F)c1ccc(Cl)c(F)c1. The van der Waals surface area contributed by atoms with Crippen molar-refractivity contribution in [2.24, 2.45) is 5.73 Å². The Morgan fingerprint density at radius 1 is 1.23 bits per heavy atom. The minimum absolute atomic E-state index is 0.229. The highest BCUT2D eigenvalue weighted by atomic mass is 35.5. The lowest BCUT2D eigenvalue weighted by Crippen LogP contribution is -2.41. The quantitative estimate of drug-likeness (QED) is 0.814. The van der Waals surface area contributed by atoms with Gasteiger partial charge in [0.25, 0.3) is 0 Å². The van der Waals surface area contributed by atoms with Gasteiger partial charge in [-0.1, -0.05) is 17.7 Å². The normalized spacial score (nSPS) is 15.4. The van der Waals surface area contributed by atoms with Gasteiger partial charge in [-0.3, -0.25) is 4.79 Å². The number of amides is 1. The predicted octanol–water partition coefficient (Wildman–Crippen LogP) is 2.45. The average molecular weight is 366 g/mol. The van der Waals surface area contributed by atoms with Crippen molar-refractivity contribution < 1.29 is 35.2 Å². The van der Waals surface area contributed by atoms with Gasteiger partial charge >= 0.3 is 6.18 Å². The summed E-state index contributed by atoms with van der Waals surface area (Å²) in [6, 6.07) is 1.53. The molecule has 4 nitrogen and oxygen atoms in total. The molecule has 0 aliphatic heterocycles. The molecule has 0 saturated carbocycles. The summed E-state index contributed by atoms with van der Waals surface area (Å²) in [5.41, 5.74) is 3.48. The molecule has 0 fully saturated rings. The van der Waals surface area contributed by atoms with E-state index in [1.807, 2.05) is 0 Å². The number of rotatable bonds is 5. The standard InChI is InChI=1S/C11H9ClF5NO3S/c12-7-2-1-6(3-8(7)13)10(14,5-11(15,16)17)22(20,21)4-9(18)19/h1-3H,4-5H2,(H2,18,19). The predicted molar refractivity (Wildman–Crippen MR) is 67.8 cm³/mol. The van der Waals surface area contributed by atoms with Gasteiger partial charge in [0.1, 0.15) is 11.6 Å². The second-order valence-electron chi connectivity index (χ2n) is 4.37. The largest absolute Gasteiger partial charge is 0.393 e. The molecule has 0 heterocycles. The topological polar surface area (TPSA) is 77.2 Å². The maximum Gasteiger partial charge on any atom is 0.393 e. The second kappa shape index (κ2) is 5.99. The molecule has 0 aliphatic carbocycles. The number of carbonyl (C=O) groups excluding carboxylic acids is 1. The van der Waals surface area contributed by atoms with Crippen molar-refractivity contribution in [2.45, 2.75) is 17.6 Å². The molecule has 1 amide bonds. The summed E-state index contributed by atoms with van der Waals surface area (Å²) in [4.78, 5) is 10.7. The van der Waals surface area contributed by atoms with Gasteiger partial charge in [0, 0.05) is 5.56 Å². The molecule has 1 rings (SSSR count). The van der Waals surface area contributed by atoms with Gasteiger partial charge in [-0.2, -0.15) is 13.2 Å². The van der Waals surface area contributed by atoms with Gasteiger partial charge in [0.2, 0.25) is 10.9 Å². The number of benzene rings is 1. The third-order valence-corrected chi connectivity index (χ3v) is 4.94. The van der Waals surface area contributed by atoms with Gasteiger partial charge in [-0.25, -0.2) is 17.2 Å². The number of hydrogen-bond acceptors (Lipinski definition) is 3. The minimum Gasteiger partial charge on any atom is -0.369 e. The molecule has 22 heavy (non-hydrogen) atoms. The summed E-state index contributed by atoms with van der Waals surface area (Å²) in [5, 5.41) is -4.60. The van der Waals surface area contributed by atoms with Crippen LogP contribution in [-0.4, -0.2) is 26.3 Å². The fraction of sp³-hybridized carbons (Fsp3) is 0.364. The summed E-state index contributed by atoms with van der Waals surface area (Å²) in [5.74, 6) is -4.51. The average Bonchev–Trinajstić information content (AvgIpc) is 2.28. The van der Waals surface area contributed by atoms with Crippen LogP contribution in [0.25, 0.3) is 0 Å². The van der Waals surface area contributed by atoms with Crippen LogP contribution in [0.15, 0.2) is 18.2 Å². The lowest BCUT2D eigenvalue weighted by molar-refractivity contribution is -0.152. The zero-order chi connectivity index (χ0) is 17.3. The first-order chi connectivity index (χ1) is 9.78. The Hall–Kier alpha value is -1.42. The van der Waals surface area contributed by atoms with E-state index in [9.17, 15) is 35.2 Å². The van der Waals surface area contributed by atoms with Gasteiger partial charge in [0.15, 0.2) is 9.84 Å². The summed E-state index contributed by atoms with van der Waals surface area (Å²) in [6.07, 6.45) is -7.70. The Bertz CT molecular complexity index is 691. The number of hydrogen-bond donors (Lipinski definition) is 1. The Labute approximate surface area is 127 Å². The van der Waals surface area contributed by atoms with E-state index in [-0.39, 0.29) is 6.07 Å². The summed E-state index contributed by atoms with van der Waals surface area (Å²) in [6.45, 7) is 0. The van der Waals surface area contributed by atoms with Crippen LogP contribution in [0.3, 0.4) is 0 Å². The van der Waals surface area contributed by atoms with E-state index in [2.05, 4.69) is 5.73 Å². The summed E-state index contributed by atoms with van der Waals surface area (Å²) in [7, 11) is -5.31. The van der Waals surface area contributed by atoms with Crippen LogP contribution >= 0.6 is 11.6 Å². The van der Waals surface area contributed by atoms with Crippen LogP contribution < -0.4 is 5.73 Å². The van der Waals surface area contributed by atoms with E-state index in [4.69, 9.17) is 11.6 Å². The molecule has 0 radical (unpaired) electrons. The molecule has 1 unspecified atom stereocenters. The number of alkyl halides is 4. The van der Waals surface area contributed by atoms with Crippen molar-refractivity contribution in [1.29, 1.82) is 0 Å². The lowest BCUT2D eigenvalue weighted by Gasteiger charge is -2.26. The van der Waals surface area contributed by atoms with Crippen LogP contribution in [0.5, 0.6) is 0 Å². The minimum atomic E-state index is -5.31. The molecular formula is C11H9ClF5NO3S. The molecule has 0 aromatic heterocycles. The van der Waals surface area contributed by atoms with E-state index in [0.717, 1.165) is 0 Å². The van der Waals surface area contributed by atoms with Crippen LogP contribution in [-0.2, 0) is 19.6 Å². The highest BCUT2D eigenvalue weighted by molar-refractivity contribution is 7.92. The van der Waals surface area contributed by atoms with Crippen molar-refractivity contribution in [2.75, 3.05) is 5.75 Å². The molecule has 124 valence electrons. The van der Waals surface area contributed by atoms with Gasteiger partial charge in [-0.15, -0.1) is 0 Å². The van der Waals surface area contributed by atoms with Crippen molar-refractivity contribution in [1.82, 2.24) is 0 Å². The lowest BCUT2D eigenvalue weighted by atomic mass is 10.1. The highest BCUT2D eigenvalue weighted by Crippen LogP contribution is 2.43. The van der Waals surface area contributed by atoms with Crippen molar-refractivity contribution in [3.63, 3.8) is 0 Å². The number of halogens is 6. The van der Waals surface area contributed by atoms with E-state index in [1.54, 1.807) is 0 Å². The third-order valence-electron chi connectivity index (χ3n) is 2.60. The maximum atomic E-state index is 14.7. The maximum absolute atomic E-state index is 14.7. The Balaban J connectivity index is 3.52. The van der Waals surface area contributed by atoms with Gasteiger partial charge in [0.05, 0.1) is 11.4 Å².